The van der Waals surface area contributed by atoms with Crippen LogP contribution in [0.2, 0.25) is 10.0 Å². The van der Waals surface area contributed by atoms with Crippen LogP contribution in [0.25, 0.3) is 0 Å². The number of aromatic nitrogens is 2. The third-order valence-corrected chi connectivity index (χ3v) is 18.3. The molecular formula is C69H58Cl2F2N8O10. The van der Waals surface area contributed by atoms with Gasteiger partial charge in [0.2, 0.25) is 5.91 Å². The Bertz CT molecular complexity index is 4150. The number of halogens is 4. The molecule has 14 rings (SSSR count). The number of carboxylic acids is 1. The molecule has 3 saturated heterocycles. The van der Waals surface area contributed by atoms with Crippen LogP contribution < -0.4 is 9.47 Å². The number of hydrogen-bond donors (Lipinski definition) is 1. The monoisotopic (exact) mass is 1270 g/mol. The molecule has 2 aromatic heterocycles. The molecule has 8 aromatic rings. The zero-order valence-corrected chi connectivity index (χ0v) is 50.3. The van der Waals surface area contributed by atoms with E-state index in [1.54, 1.807) is 79.4 Å². The summed E-state index contributed by atoms with van der Waals surface area (Å²) in [4.78, 5) is 105. The van der Waals surface area contributed by atoms with E-state index in [0.717, 1.165) is 22.3 Å². The highest BCUT2D eigenvalue weighted by Crippen LogP contribution is 2.49. The number of nitrogens with zero attached hydrogens (tertiary/aromatic N) is 8. The van der Waals surface area contributed by atoms with Gasteiger partial charge in [0.25, 0.3) is 29.5 Å². The lowest BCUT2D eigenvalue weighted by molar-refractivity contribution is -0.605. The summed E-state index contributed by atoms with van der Waals surface area (Å²) >= 11 is 12.2. The minimum absolute atomic E-state index is 0.0382. The molecule has 18 nitrogen and oxygen atoms in total. The van der Waals surface area contributed by atoms with Gasteiger partial charge in [-0.3, -0.25) is 38.5 Å². The first-order valence-corrected chi connectivity index (χ1v) is 30.2. The summed E-state index contributed by atoms with van der Waals surface area (Å²) < 4.78 is 34.4. The van der Waals surface area contributed by atoms with Crippen LogP contribution in [-0.4, -0.2) is 127 Å². The van der Waals surface area contributed by atoms with E-state index < -0.39 is 40.5 Å². The van der Waals surface area contributed by atoms with E-state index in [0.29, 0.717) is 76.2 Å². The largest absolute Gasteiger partial charge is 0.619 e. The van der Waals surface area contributed by atoms with E-state index in [-0.39, 0.29) is 91.6 Å². The molecule has 0 aliphatic carbocycles. The van der Waals surface area contributed by atoms with Crippen LogP contribution in [0.5, 0.6) is 5.75 Å². The van der Waals surface area contributed by atoms with E-state index in [4.69, 9.17) is 33.0 Å². The number of pyridine rings is 2. The summed E-state index contributed by atoms with van der Waals surface area (Å²) in [5.74, 6) is -2.68. The number of rotatable bonds is 11. The molecule has 0 saturated carbocycles. The number of carbonyl (C=O) groups excluding carboxylic acids is 6. The van der Waals surface area contributed by atoms with Crippen molar-refractivity contribution in [2.45, 2.75) is 55.5 Å². The molecule has 462 valence electrons. The molecule has 6 aliphatic rings. The number of benzene rings is 6. The molecule has 0 radical (unpaired) electrons. The predicted molar refractivity (Wildman–Crippen MR) is 329 cm³/mol. The lowest BCUT2D eigenvalue weighted by Crippen LogP contribution is -2.59. The van der Waals surface area contributed by atoms with Crippen LogP contribution in [0.3, 0.4) is 0 Å². The van der Waals surface area contributed by atoms with Crippen molar-refractivity contribution in [3.63, 3.8) is 0 Å². The maximum atomic E-state index is 14.8. The van der Waals surface area contributed by atoms with Crippen molar-refractivity contribution in [2.75, 3.05) is 45.9 Å². The fourth-order valence-corrected chi connectivity index (χ4v) is 13.9. The van der Waals surface area contributed by atoms with Gasteiger partial charge in [-0.25, -0.2) is 8.78 Å². The quantitative estimate of drug-likeness (QED) is 0.0953. The van der Waals surface area contributed by atoms with E-state index in [1.165, 1.54) is 65.8 Å². The zero-order chi connectivity index (χ0) is 63.8. The Morgan fingerprint density at radius 3 is 1.58 bits per heavy atom. The molecule has 6 aromatic carbocycles. The van der Waals surface area contributed by atoms with Gasteiger partial charge < -0.3 is 44.5 Å². The summed E-state index contributed by atoms with van der Waals surface area (Å²) in [6.45, 7) is 2.04. The lowest BCUT2D eigenvalue weighted by atomic mass is 9.83. The minimum Gasteiger partial charge on any atom is -0.619 e. The van der Waals surface area contributed by atoms with Gasteiger partial charge in [-0.15, -0.1) is 0 Å². The highest BCUT2D eigenvalue weighted by Gasteiger charge is 2.59. The second-order valence-electron chi connectivity index (χ2n) is 22.7. The van der Waals surface area contributed by atoms with E-state index in [9.17, 15) is 47.5 Å². The van der Waals surface area contributed by atoms with Crippen LogP contribution in [-0.2, 0) is 50.6 Å². The van der Waals surface area contributed by atoms with Crippen molar-refractivity contribution < 1.29 is 56.9 Å². The molecule has 3 atom stereocenters. The number of aliphatic carboxylic acids is 1. The van der Waals surface area contributed by atoms with Crippen molar-refractivity contribution in [3.8, 4) is 5.75 Å². The van der Waals surface area contributed by atoms with Crippen LogP contribution in [0.15, 0.2) is 189 Å². The summed E-state index contributed by atoms with van der Waals surface area (Å²) in [6, 6.07) is 45.8. The molecule has 91 heavy (non-hydrogen) atoms. The van der Waals surface area contributed by atoms with E-state index in [2.05, 4.69) is 4.98 Å². The molecule has 0 bridgehead atoms. The standard InChI is InChI=1S/C24H20ClN3O3.C23H17F2N3O3.C22H21ClN2O4/c25-19-9-7-18(8-10-19)24-14-17-4-1-2-6-21(17)23(30)28(24)13-12-27(24)22(29)16-31-20-5-3-11-26-15-20;24-17-6-4-15(5-7-17)21(29)27-12-13-28-22(30)18-2-1-3-20(25)19(18)14-23(27,28)16-8-10-26(31)11-9-16;23-17-10-8-16(9-11-17)22-14-15-4-1-2-5-18(15)21(29)25(22)13-12-24(22)19(26)6-3-7-20(27)28/h1-11,15H,12-14,16H2;1-11H,12-14H2;1-2,4-5,8-11H,3,6-7,12-14H2,(H,27,28). The van der Waals surface area contributed by atoms with Gasteiger partial charge in [0.15, 0.2) is 19.0 Å². The van der Waals surface area contributed by atoms with Crippen molar-refractivity contribution >= 4 is 64.6 Å². The number of carboxylic acid groups (broad SMARTS) is 1. The Kier molecular flexibility index (Phi) is 16.9. The Morgan fingerprint density at radius 2 is 1.04 bits per heavy atom. The third-order valence-electron chi connectivity index (χ3n) is 17.8. The molecule has 1 N–H and O–H groups in total. The SMILES string of the molecule is O=C(COc1cccnc1)N1CCN2C(=O)c3ccccc3CC12c1ccc(Cl)cc1.O=C(O)CCCC(=O)N1CCN2C(=O)c3ccccc3CC12c1ccc(Cl)cc1.O=C(c1ccc(F)cc1)N1CCN2C(=O)c3cccc(F)c3CC12c1cc[n+]([O-])cc1. The van der Waals surface area contributed by atoms with Gasteiger partial charge in [-0.2, -0.15) is 4.73 Å². The molecule has 6 amide bonds. The maximum Gasteiger partial charge on any atom is 0.303 e. The first kappa shape index (κ1) is 61.2. The highest BCUT2D eigenvalue weighted by molar-refractivity contribution is 6.30. The first-order chi connectivity index (χ1) is 43.9. The van der Waals surface area contributed by atoms with Crippen molar-refractivity contribution in [3.05, 3.63) is 271 Å². The zero-order valence-electron chi connectivity index (χ0n) is 48.8. The average Bonchev–Trinajstić information content (AvgIpc) is 1.66. The normalized spacial score (nSPS) is 20.0. The summed E-state index contributed by atoms with van der Waals surface area (Å²) in [5, 5.41) is 21.7. The van der Waals surface area contributed by atoms with Crippen molar-refractivity contribution in [1.29, 1.82) is 0 Å². The summed E-state index contributed by atoms with van der Waals surface area (Å²) in [7, 11) is 0. The Morgan fingerprint density at radius 1 is 0.549 bits per heavy atom. The molecular weight excluding hydrogens is 1210 g/mol. The van der Waals surface area contributed by atoms with Crippen molar-refractivity contribution in [2.24, 2.45) is 0 Å². The molecule has 8 heterocycles. The Labute approximate surface area is 531 Å². The molecule has 3 unspecified atom stereocenters. The van der Waals surface area contributed by atoms with Gasteiger partial charge in [0, 0.05) is 133 Å². The number of carbonyl (C=O) groups is 7. The molecule has 0 spiro atoms. The lowest BCUT2D eigenvalue weighted by Gasteiger charge is -2.47. The van der Waals surface area contributed by atoms with Crippen LogP contribution >= 0.6 is 23.2 Å². The third kappa shape index (κ3) is 11.1. The number of hydrogen-bond acceptors (Lipinski definition) is 10. The summed E-state index contributed by atoms with van der Waals surface area (Å²) in [6.07, 6.45) is 7.15. The second-order valence-corrected chi connectivity index (χ2v) is 23.5. The summed E-state index contributed by atoms with van der Waals surface area (Å²) in [5.41, 5.74) is 2.99. The fourth-order valence-electron chi connectivity index (χ4n) is 13.7. The topological polar surface area (TPSA) is 208 Å². The van der Waals surface area contributed by atoms with Crippen LogP contribution in [0, 0.1) is 16.8 Å². The maximum absolute atomic E-state index is 14.8. The minimum atomic E-state index is -1.30. The molecule has 3 fully saturated rings. The number of fused-ring (bicyclic) bond motifs is 6. The first-order valence-electron chi connectivity index (χ1n) is 29.5. The predicted octanol–water partition coefficient (Wildman–Crippen LogP) is 9.40. The van der Waals surface area contributed by atoms with Crippen LogP contribution in [0.1, 0.15) is 94.1 Å². The van der Waals surface area contributed by atoms with E-state index >= 15 is 0 Å². The Balaban J connectivity index is 0.000000132. The van der Waals surface area contributed by atoms with Gasteiger partial charge in [0.1, 0.15) is 34.4 Å². The molecule has 6 aliphatic heterocycles. The van der Waals surface area contributed by atoms with Crippen LogP contribution in [0.4, 0.5) is 8.78 Å². The number of ether oxygens (including phenoxy) is 1. The molecule has 22 heteroatoms. The van der Waals surface area contributed by atoms with Gasteiger partial charge in [-0.05, 0) is 114 Å². The number of amides is 6. The highest BCUT2D eigenvalue weighted by atomic mass is 35.5. The van der Waals surface area contributed by atoms with E-state index in [1.807, 2.05) is 72.8 Å². The smallest absolute Gasteiger partial charge is 0.303 e. The Hall–Kier alpha value is -10.1. The van der Waals surface area contributed by atoms with Crippen molar-refractivity contribution in [1.82, 2.24) is 34.4 Å². The van der Waals surface area contributed by atoms with Gasteiger partial charge >= 0.3 is 5.97 Å². The fraction of sp³-hybridized carbons (Fsp3) is 0.232. The average molecular weight is 1270 g/mol. The second kappa shape index (κ2) is 25.1. The van der Waals surface area contributed by atoms with Gasteiger partial charge in [-0.1, -0.05) is 89.9 Å². The van der Waals surface area contributed by atoms with Gasteiger partial charge in [0.05, 0.1) is 6.20 Å².